The molecule has 86 valence electrons. The Balaban J connectivity index is 3.83. The molecular weight excluding hydrogens is 202 g/mol. The quantitative estimate of drug-likeness (QED) is 0.559. The van der Waals surface area contributed by atoms with Gasteiger partial charge in [-0.2, -0.15) is 12.7 Å². The van der Waals surface area contributed by atoms with Gasteiger partial charge in [0.05, 0.1) is 0 Å². The van der Waals surface area contributed by atoms with E-state index in [0.717, 1.165) is 13.0 Å². The highest BCUT2D eigenvalue weighted by Crippen LogP contribution is 1.93. The maximum absolute atomic E-state index is 11.5. The first kappa shape index (κ1) is 13.8. The smallest absolute Gasteiger partial charge is 0.279 e. The van der Waals surface area contributed by atoms with Crippen molar-refractivity contribution in [2.45, 2.75) is 20.3 Å². The van der Waals surface area contributed by atoms with E-state index in [1.165, 1.54) is 4.31 Å². The standard InChI is InChI=1S/C8H21N3O2S/c1-4-8-11(3)14(12,13)10-7-6-9-5-2/h9-10H,4-8H2,1-3H3. The van der Waals surface area contributed by atoms with Crippen molar-refractivity contribution in [1.29, 1.82) is 0 Å². The molecule has 0 atom stereocenters. The maximum atomic E-state index is 11.5. The number of rotatable bonds is 8. The number of nitrogens with one attached hydrogen (secondary N) is 2. The number of likely N-dealkylation sites (N-methyl/N-ethyl adjacent to an activating group) is 1. The van der Waals surface area contributed by atoms with E-state index < -0.39 is 10.2 Å². The van der Waals surface area contributed by atoms with E-state index in [2.05, 4.69) is 10.0 Å². The lowest BCUT2D eigenvalue weighted by molar-refractivity contribution is 0.456. The van der Waals surface area contributed by atoms with Crippen LogP contribution in [-0.4, -0.2) is 45.9 Å². The monoisotopic (exact) mass is 223 g/mol. The highest BCUT2D eigenvalue weighted by molar-refractivity contribution is 7.87. The molecule has 6 heteroatoms. The van der Waals surface area contributed by atoms with Crippen molar-refractivity contribution in [3.63, 3.8) is 0 Å². The van der Waals surface area contributed by atoms with Crippen LogP contribution >= 0.6 is 0 Å². The Labute approximate surface area is 87.0 Å². The Morgan fingerprint density at radius 3 is 2.36 bits per heavy atom. The summed E-state index contributed by atoms with van der Waals surface area (Å²) in [5.74, 6) is 0. The van der Waals surface area contributed by atoms with Gasteiger partial charge in [-0.05, 0) is 13.0 Å². The highest BCUT2D eigenvalue weighted by Gasteiger charge is 2.14. The number of hydrogen-bond donors (Lipinski definition) is 2. The van der Waals surface area contributed by atoms with Gasteiger partial charge in [-0.3, -0.25) is 0 Å². The Bertz CT molecular complexity index is 229. The molecule has 5 nitrogen and oxygen atoms in total. The third kappa shape index (κ3) is 5.54. The summed E-state index contributed by atoms with van der Waals surface area (Å²) in [6, 6.07) is 0. The lowest BCUT2D eigenvalue weighted by atomic mass is 10.5. The normalized spacial score (nSPS) is 12.3. The molecule has 0 amide bonds. The van der Waals surface area contributed by atoms with Gasteiger partial charge in [0, 0.05) is 26.7 Å². The van der Waals surface area contributed by atoms with Gasteiger partial charge in [-0.25, -0.2) is 4.72 Å². The molecule has 0 unspecified atom stereocenters. The molecule has 0 aliphatic heterocycles. The molecule has 0 aromatic carbocycles. The van der Waals surface area contributed by atoms with Gasteiger partial charge < -0.3 is 5.32 Å². The molecular formula is C8H21N3O2S. The molecule has 0 aliphatic carbocycles. The zero-order valence-corrected chi connectivity index (χ0v) is 10.0. The summed E-state index contributed by atoms with van der Waals surface area (Å²) in [7, 11) is -1.68. The van der Waals surface area contributed by atoms with Crippen LogP contribution < -0.4 is 10.0 Å². The van der Waals surface area contributed by atoms with Gasteiger partial charge in [-0.1, -0.05) is 13.8 Å². The summed E-state index contributed by atoms with van der Waals surface area (Å²) >= 11 is 0. The SMILES string of the molecule is CCCN(C)S(=O)(=O)NCCNCC. The Morgan fingerprint density at radius 2 is 1.86 bits per heavy atom. The van der Waals surface area contributed by atoms with Crippen LogP contribution in [0.25, 0.3) is 0 Å². The first-order valence-corrected chi connectivity index (χ1v) is 6.40. The van der Waals surface area contributed by atoms with Crippen LogP contribution in [0, 0.1) is 0 Å². The van der Waals surface area contributed by atoms with Crippen LogP contribution in [0.3, 0.4) is 0 Å². The Morgan fingerprint density at radius 1 is 1.21 bits per heavy atom. The molecule has 0 saturated heterocycles. The second-order valence-corrected chi connectivity index (χ2v) is 4.94. The lowest BCUT2D eigenvalue weighted by Crippen LogP contribution is -2.41. The molecule has 0 bridgehead atoms. The topological polar surface area (TPSA) is 61.4 Å². The zero-order valence-electron chi connectivity index (χ0n) is 9.21. The van der Waals surface area contributed by atoms with Crippen molar-refractivity contribution in [3.05, 3.63) is 0 Å². The average molecular weight is 223 g/mol. The fourth-order valence-corrected chi connectivity index (χ4v) is 1.99. The van der Waals surface area contributed by atoms with Gasteiger partial charge in [0.15, 0.2) is 0 Å². The summed E-state index contributed by atoms with van der Waals surface area (Å²) in [5.41, 5.74) is 0. The first-order chi connectivity index (χ1) is 6.54. The third-order valence-electron chi connectivity index (χ3n) is 1.79. The van der Waals surface area contributed by atoms with Crippen LogP contribution in [0.5, 0.6) is 0 Å². The predicted molar refractivity (Wildman–Crippen MR) is 58.4 cm³/mol. The third-order valence-corrected chi connectivity index (χ3v) is 3.36. The zero-order chi connectivity index (χ0) is 11.0. The highest BCUT2D eigenvalue weighted by atomic mass is 32.2. The van der Waals surface area contributed by atoms with Crippen LogP contribution in [0.2, 0.25) is 0 Å². The Kier molecular flexibility index (Phi) is 7.08. The first-order valence-electron chi connectivity index (χ1n) is 4.96. The van der Waals surface area contributed by atoms with Gasteiger partial charge >= 0.3 is 0 Å². The van der Waals surface area contributed by atoms with Gasteiger partial charge in [-0.15, -0.1) is 0 Å². The van der Waals surface area contributed by atoms with E-state index in [-0.39, 0.29) is 0 Å². The lowest BCUT2D eigenvalue weighted by Gasteiger charge is -2.16. The van der Waals surface area contributed by atoms with Crippen molar-refractivity contribution in [1.82, 2.24) is 14.3 Å². The molecule has 2 N–H and O–H groups in total. The molecule has 0 heterocycles. The van der Waals surface area contributed by atoms with Crippen molar-refractivity contribution >= 4 is 10.2 Å². The molecule has 0 radical (unpaired) electrons. The summed E-state index contributed by atoms with van der Waals surface area (Å²) in [6.07, 6.45) is 0.824. The predicted octanol–water partition coefficient (Wildman–Crippen LogP) is -0.228. The maximum Gasteiger partial charge on any atom is 0.279 e. The van der Waals surface area contributed by atoms with Gasteiger partial charge in [0.1, 0.15) is 0 Å². The van der Waals surface area contributed by atoms with Crippen molar-refractivity contribution in [2.75, 3.05) is 33.2 Å². The summed E-state index contributed by atoms with van der Waals surface area (Å²) in [4.78, 5) is 0. The minimum Gasteiger partial charge on any atom is -0.316 e. The van der Waals surface area contributed by atoms with Gasteiger partial charge in [0.2, 0.25) is 0 Å². The van der Waals surface area contributed by atoms with Crippen LogP contribution in [0.1, 0.15) is 20.3 Å². The molecule has 0 aromatic rings. The molecule has 14 heavy (non-hydrogen) atoms. The summed E-state index contributed by atoms with van der Waals surface area (Å²) in [5, 5.41) is 3.05. The summed E-state index contributed by atoms with van der Waals surface area (Å²) < 4.78 is 26.8. The van der Waals surface area contributed by atoms with Crippen molar-refractivity contribution in [2.24, 2.45) is 0 Å². The largest absolute Gasteiger partial charge is 0.316 e. The van der Waals surface area contributed by atoms with E-state index in [0.29, 0.717) is 19.6 Å². The average Bonchev–Trinajstić information content (AvgIpc) is 2.13. The second-order valence-electron chi connectivity index (χ2n) is 3.07. The van der Waals surface area contributed by atoms with Crippen LogP contribution in [0.15, 0.2) is 0 Å². The molecule has 0 rings (SSSR count). The molecule has 0 aromatic heterocycles. The molecule has 0 saturated carbocycles. The second kappa shape index (κ2) is 7.17. The Hall–Kier alpha value is -0.170. The molecule has 0 aliphatic rings. The van der Waals surface area contributed by atoms with Crippen molar-refractivity contribution in [3.8, 4) is 0 Å². The van der Waals surface area contributed by atoms with Gasteiger partial charge in [0.25, 0.3) is 10.2 Å². The minimum atomic E-state index is -3.26. The van der Waals surface area contributed by atoms with E-state index in [1.54, 1.807) is 7.05 Å². The van der Waals surface area contributed by atoms with Crippen LogP contribution in [-0.2, 0) is 10.2 Å². The minimum absolute atomic E-state index is 0.435. The van der Waals surface area contributed by atoms with E-state index in [9.17, 15) is 8.42 Å². The van der Waals surface area contributed by atoms with E-state index in [1.807, 2.05) is 13.8 Å². The number of hydrogen-bond acceptors (Lipinski definition) is 3. The fraction of sp³-hybridized carbons (Fsp3) is 1.00. The fourth-order valence-electron chi connectivity index (χ4n) is 0.990. The van der Waals surface area contributed by atoms with E-state index >= 15 is 0 Å². The molecule has 0 spiro atoms. The van der Waals surface area contributed by atoms with Crippen molar-refractivity contribution < 1.29 is 8.42 Å². The summed E-state index contributed by atoms with van der Waals surface area (Å²) in [6.45, 7) is 6.44. The molecule has 0 fully saturated rings. The number of nitrogens with zero attached hydrogens (tertiary/aromatic N) is 1. The van der Waals surface area contributed by atoms with E-state index in [4.69, 9.17) is 0 Å². The van der Waals surface area contributed by atoms with Crippen LogP contribution in [0.4, 0.5) is 0 Å².